The maximum atomic E-state index is 12.4. The smallest absolute Gasteiger partial charge is 0.458 e. The Morgan fingerprint density at radius 1 is 0.818 bits per heavy atom. The van der Waals surface area contributed by atoms with E-state index >= 15 is 0 Å². The van der Waals surface area contributed by atoms with Crippen molar-refractivity contribution in [3.05, 3.63) is 23.8 Å². The van der Waals surface area contributed by atoms with E-state index in [1.807, 2.05) is 0 Å². The molecular formula is C23H33NO9. The van der Waals surface area contributed by atoms with Gasteiger partial charge in [-0.2, -0.15) is 0 Å². The average molecular weight is 468 g/mol. The molecule has 184 valence electrons. The van der Waals surface area contributed by atoms with Crippen molar-refractivity contribution in [2.45, 2.75) is 85.2 Å². The zero-order valence-electron chi connectivity index (χ0n) is 19.9. The number of carbonyl (C=O) groups excluding carboxylic acids is 4. The van der Waals surface area contributed by atoms with Crippen molar-refractivity contribution in [2.24, 2.45) is 5.73 Å². The molecule has 0 aromatic heterocycles. The predicted octanol–water partition coefficient (Wildman–Crippen LogP) is 3.07. The van der Waals surface area contributed by atoms with E-state index in [0.717, 1.165) is 0 Å². The molecule has 0 fully saturated rings. The monoisotopic (exact) mass is 467 g/mol. The molecule has 0 spiro atoms. The second-order valence-electron chi connectivity index (χ2n) is 7.63. The van der Waals surface area contributed by atoms with Crippen LogP contribution in [-0.4, -0.2) is 48.4 Å². The predicted molar refractivity (Wildman–Crippen MR) is 118 cm³/mol. The molecule has 0 saturated heterocycles. The van der Waals surface area contributed by atoms with Crippen LogP contribution < -0.4 is 15.2 Å². The summed E-state index contributed by atoms with van der Waals surface area (Å²) in [5, 5.41) is 0. The van der Waals surface area contributed by atoms with Gasteiger partial charge in [0.2, 0.25) is 0 Å². The minimum absolute atomic E-state index is 0.0563. The Morgan fingerprint density at radius 2 is 1.36 bits per heavy atom. The number of rotatable bonds is 11. The molecule has 1 unspecified atom stereocenters. The first-order chi connectivity index (χ1) is 15.5. The van der Waals surface area contributed by atoms with E-state index < -0.39 is 42.3 Å². The third-order valence-corrected chi connectivity index (χ3v) is 4.37. The summed E-state index contributed by atoms with van der Waals surface area (Å²) in [6.45, 7) is 9.77. The Hall–Kier alpha value is -3.14. The van der Waals surface area contributed by atoms with Crippen LogP contribution in [0.5, 0.6) is 11.5 Å². The highest BCUT2D eigenvalue weighted by molar-refractivity contribution is 5.77. The number of nitrogens with two attached hydrogens (primary N) is 1. The fraction of sp³-hybridized carbons (Fsp3) is 0.565. The van der Waals surface area contributed by atoms with E-state index in [2.05, 4.69) is 0 Å². The van der Waals surface area contributed by atoms with Gasteiger partial charge in [0, 0.05) is 12.8 Å². The van der Waals surface area contributed by atoms with Crippen LogP contribution in [0.2, 0.25) is 0 Å². The Kier molecular flexibility index (Phi) is 11.3. The number of hydrogen-bond donors (Lipinski definition) is 1. The fourth-order valence-electron chi connectivity index (χ4n) is 2.40. The van der Waals surface area contributed by atoms with Crippen LogP contribution in [0.15, 0.2) is 18.2 Å². The molecule has 0 amide bonds. The molecule has 0 heterocycles. The van der Waals surface area contributed by atoms with E-state index in [1.54, 1.807) is 47.6 Å². The van der Waals surface area contributed by atoms with E-state index in [-0.39, 0.29) is 36.9 Å². The van der Waals surface area contributed by atoms with Gasteiger partial charge < -0.3 is 29.4 Å². The summed E-state index contributed by atoms with van der Waals surface area (Å²) in [4.78, 5) is 47.4. The normalized spacial score (nSPS) is 13.5. The SMILES string of the molecule is CCC(=O)Oc1ccc(C[C@H](N)C(=O)O[C@@H](C)C(C)OC(=O)OC(C)C)cc1OC(=O)CC. The summed E-state index contributed by atoms with van der Waals surface area (Å²) in [5.74, 6) is -1.55. The Labute approximate surface area is 193 Å². The number of carbonyl (C=O) groups is 4. The summed E-state index contributed by atoms with van der Waals surface area (Å²) in [6.07, 6.45) is -2.37. The zero-order chi connectivity index (χ0) is 25.1. The maximum Gasteiger partial charge on any atom is 0.508 e. The maximum absolute atomic E-state index is 12.4. The highest BCUT2D eigenvalue weighted by Gasteiger charge is 2.25. The van der Waals surface area contributed by atoms with Crippen molar-refractivity contribution in [1.82, 2.24) is 0 Å². The van der Waals surface area contributed by atoms with Crippen molar-refractivity contribution in [1.29, 1.82) is 0 Å². The minimum Gasteiger partial charge on any atom is -0.458 e. The van der Waals surface area contributed by atoms with Crippen molar-refractivity contribution in [2.75, 3.05) is 0 Å². The second kappa shape index (κ2) is 13.4. The molecule has 0 aliphatic heterocycles. The molecule has 0 aliphatic carbocycles. The van der Waals surface area contributed by atoms with Gasteiger partial charge in [-0.1, -0.05) is 19.9 Å². The molecule has 3 atom stereocenters. The highest BCUT2D eigenvalue weighted by Crippen LogP contribution is 2.30. The van der Waals surface area contributed by atoms with E-state index in [9.17, 15) is 19.2 Å². The lowest BCUT2D eigenvalue weighted by Gasteiger charge is -2.22. The third-order valence-electron chi connectivity index (χ3n) is 4.37. The number of benzene rings is 1. The molecule has 0 radical (unpaired) electrons. The largest absolute Gasteiger partial charge is 0.508 e. The van der Waals surface area contributed by atoms with Gasteiger partial charge in [-0.3, -0.25) is 14.4 Å². The fourth-order valence-corrected chi connectivity index (χ4v) is 2.40. The summed E-state index contributed by atoms with van der Waals surface area (Å²) < 4.78 is 25.7. The van der Waals surface area contributed by atoms with Crippen molar-refractivity contribution >= 4 is 24.1 Å². The van der Waals surface area contributed by atoms with Gasteiger partial charge in [-0.05, 0) is 51.8 Å². The lowest BCUT2D eigenvalue weighted by Crippen LogP contribution is -2.39. The van der Waals surface area contributed by atoms with Gasteiger partial charge in [-0.15, -0.1) is 0 Å². The van der Waals surface area contributed by atoms with Gasteiger partial charge in [0.05, 0.1) is 6.10 Å². The zero-order valence-corrected chi connectivity index (χ0v) is 19.9. The molecule has 1 rings (SSSR count). The summed E-state index contributed by atoms with van der Waals surface area (Å²) >= 11 is 0. The highest BCUT2D eigenvalue weighted by atomic mass is 16.7. The van der Waals surface area contributed by atoms with Gasteiger partial charge in [0.15, 0.2) is 11.5 Å². The van der Waals surface area contributed by atoms with Crippen LogP contribution in [0.4, 0.5) is 4.79 Å². The van der Waals surface area contributed by atoms with Crippen molar-refractivity contribution in [3.63, 3.8) is 0 Å². The summed E-state index contributed by atoms with van der Waals surface area (Å²) in [6, 6.07) is 3.51. The lowest BCUT2D eigenvalue weighted by molar-refractivity contribution is -0.155. The molecule has 10 nitrogen and oxygen atoms in total. The summed E-state index contributed by atoms with van der Waals surface area (Å²) in [5.41, 5.74) is 6.54. The van der Waals surface area contributed by atoms with Crippen LogP contribution in [-0.2, 0) is 35.0 Å². The Bertz CT molecular complexity index is 837. The number of ether oxygens (including phenoxy) is 5. The Morgan fingerprint density at radius 3 is 1.91 bits per heavy atom. The van der Waals surface area contributed by atoms with Crippen LogP contribution in [0.3, 0.4) is 0 Å². The van der Waals surface area contributed by atoms with Gasteiger partial charge in [0.1, 0.15) is 18.2 Å². The number of esters is 3. The Balaban J connectivity index is 2.81. The first kappa shape index (κ1) is 27.9. The quantitative estimate of drug-likeness (QED) is 0.381. The summed E-state index contributed by atoms with van der Waals surface area (Å²) in [7, 11) is 0. The molecule has 33 heavy (non-hydrogen) atoms. The van der Waals surface area contributed by atoms with Crippen LogP contribution in [0.1, 0.15) is 59.9 Å². The molecule has 1 aromatic rings. The van der Waals surface area contributed by atoms with Crippen LogP contribution >= 0.6 is 0 Å². The van der Waals surface area contributed by atoms with Crippen molar-refractivity contribution < 1.29 is 42.9 Å². The van der Waals surface area contributed by atoms with Crippen LogP contribution in [0, 0.1) is 0 Å². The van der Waals surface area contributed by atoms with Gasteiger partial charge >= 0.3 is 24.1 Å². The second-order valence-corrected chi connectivity index (χ2v) is 7.63. The minimum atomic E-state index is -1.04. The first-order valence-corrected chi connectivity index (χ1v) is 10.8. The molecular weight excluding hydrogens is 434 g/mol. The third kappa shape index (κ3) is 9.90. The van der Waals surface area contributed by atoms with E-state index in [4.69, 9.17) is 29.4 Å². The standard InChI is InChI=1S/C23H33NO9/c1-7-20(25)32-18-10-9-16(12-19(18)33-21(26)8-2)11-17(24)22(27)30-14(5)15(6)31-23(28)29-13(3)4/h9-10,12-15,17H,7-8,11,24H2,1-6H3/t14-,15?,17-/m0/s1. The van der Waals surface area contributed by atoms with E-state index in [0.29, 0.717) is 5.56 Å². The first-order valence-electron chi connectivity index (χ1n) is 10.8. The van der Waals surface area contributed by atoms with Gasteiger partial charge in [0.25, 0.3) is 0 Å². The average Bonchev–Trinajstić information content (AvgIpc) is 2.74. The molecule has 1 aromatic carbocycles. The molecule has 0 aliphatic rings. The molecule has 2 N–H and O–H groups in total. The van der Waals surface area contributed by atoms with Crippen LogP contribution in [0.25, 0.3) is 0 Å². The number of hydrogen-bond acceptors (Lipinski definition) is 10. The molecule has 0 bridgehead atoms. The topological polar surface area (TPSA) is 140 Å². The van der Waals surface area contributed by atoms with Gasteiger partial charge in [-0.25, -0.2) is 4.79 Å². The molecule has 10 heteroatoms. The molecule has 0 saturated carbocycles. The lowest BCUT2D eigenvalue weighted by atomic mass is 10.1. The van der Waals surface area contributed by atoms with E-state index in [1.165, 1.54) is 12.1 Å². The van der Waals surface area contributed by atoms with Crippen molar-refractivity contribution in [3.8, 4) is 11.5 Å².